The van der Waals surface area contributed by atoms with Gasteiger partial charge >= 0.3 is 6.18 Å². The van der Waals surface area contributed by atoms with Gasteiger partial charge in [-0.05, 0) is 18.2 Å². The number of aromatic nitrogens is 1. The fourth-order valence-electron chi connectivity index (χ4n) is 2.30. The number of rotatable bonds is 2. The first-order chi connectivity index (χ1) is 11.5. The molecule has 0 saturated carbocycles. The van der Waals surface area contributed by atoms with Crippen LogP contribution in [-0.2, 0) is 6.18 Å². The number of halogens is 3. The van der Waals surface area contributed by atoms with Gasteiger partial charge in [0.05, 0.1) is 11.1 Å². The van der Waals surface area contributed by atoms with E-state index < -0.39 is 23.2 Å². The highest BCUT2D eigenvalue weighted by molar-refractivity contribution is 8.14. The number of anilines is 1. The van der Waals surface area contributed by atoms with Gasteiger partial charge in [0.1, 0.15) is 0 Å². The summed E-state index contributed by atoms with van der Waals surface area (Å²) in [6.07, 6.45) is -2.72. The summed E-state index contributed by atoms with van der Waals surface area (Å²) >= 11 is 1.34. The van der Waals surface area contributed by atoms with Gasteiger partial charge in [0.2, 0.25) is 0 Å². The van der Waals surface area contributed by atoms with Gasteiger partial charge in [-0.25, -0.2) is 0 Å². The van der Waals surface area contributed by atoms with Crippen LogP contribution >= 0.6 is 11.8 Å². The summed E-state index contributed by atoms with van der Waals surface area (Å²) in [7, 11) is 0. The van der Waals surface area contributed by atoms with Crippen LogP contribution in [0.2, 0.25) is 0 Å². The molecule has 4 nitrogen and oxygen atoms in total. The quantitative estimate of drug-likeness (QED) is 0.824. The average Bonchev–Trinajstić information content (AvgIpc) is 3.03. The van der Waals surface area contributed by atoms with E-state index in [4.69, 9.17) is 0 Å². The molecule has 0 radical (unpaired) electrons. The highest BCUT2D eigenvalue weighted by atomic mass is 32.2. The first kappa shape index (κ1) is 16.5. The minimum absolute atomic E-state index is 0.392. The molecule has 2 aromatic rings. The van der Waals surface area contributed by atoms with E-state index in [-0.39, 0.29) is 0 Å². The van der Waals surface area contributed by atoms with Gasteiger partial charge in [0, 0.05) is 30.4 Å². The second-order valence-electron chi connectivity index (χ2n) is 4.95. The normalized spacial score (nSPS) is 16.6. The van der Waals surface area contributed by atoms with Gasteiger partial charge in [-0.15, -0.1) is 0 Å². The molecule has 1 saturated heterocycles. The maximum atomic E-state index is 13.0. The Morgan fingerprint density at radius 1 is 1.21 bits per heavy atom. The van der Waals surface area contributed by atoms with Crippen LogP contribution in [0.15, 0.2) is 53.8 Å². The third-order valence-electron chi connectivity index (χ3n) is 3.40. The van der Waals surface area contributed by atoms with Crippen LogP contribution in [0.4, 0.5) is 18.9 Å². The standard InChI is InChI=1S/C16H12F3N3OS/c17-16(18,19)13-6-7-20-10-12(13)14(23)21-15-22(8-9-24-15)11-4-2-1-3-5-11/h1-7,10H,8-9H2/b21-15-. The summed E-state index contributed by atoms with van der Waals surface area (Å²) in [5, 5.41) is 0.392. The van der Waals surface area contributed by atoms with Crippen molar-refractivity contribution in [3.8, 4) is 0 Å². The Morgan fingerprint density at radius 2 is 1.96 bits per heavy atom. The third-order valence-corrected chi connectivity index (χ3v) is 4.36. The lowest BCUT2D eigenvalue weighted by Gasteiger charge is -2.17. The predicted octanol–water partition coefficient (Wildman–Crippen LogP) is 3.85. The number of hydrogen-bond acceptors (Lipinski definition) is 3. The number of carbonyl (C=O) groups excluding carboxylic acids is 1. The molecule has 1 aliphatic heterocycles. The fourth-order valence-corrected chi connectivity index (χ4v) is 3.26. The van der Waals surface area contributed by atoms with Crippen LogP contribution < -0.4 is 4.90 Å². The summed E-state index contributed by atoms with van der Waals surface area (Å²) < 4.78 is 39.1. The molecule has 0 aliphatic carbocycles. The lowest BCUT2D eigenvalue weighted by molar-refractivity contribution is -0.138. The van der Waals surface area contributed by atoms with Gasteiger partial charge < -0.3 is 4.90 Å². The Hall–Kier alpha value is -2.35. The van der Waals surface area contributed by atoms with E-state index in [0.29, 0.717) is 17.5 Å². The van der Waals surface area contributed by atoms with Crippen LogP contribution in [0.25, 0.3) is 0 Å². The third kappa shape index (κ3) is 3.43. The van der Waals surface area contributed by atoms with Crippen molar-refractivity contribution < 1.29 is 18.0 Å². The smallest absolute Gasteiger partial charge is 0.320 e. The second kappa shape index (κ2) is 6.64. The molecule has 1 aromatic carbocycles. The van der Waals surface area contributed by atoms with Gasteiger partial charge in [-0.3, -0.25) is 9.78 Å². The monoisotopic (exact) mass is 351 g/mol. The maximum absolute atomic E-state index is 13.0. The Morgan fingerprint density at radius 3 is 2.67 bits per heavy atom. The molecule has 0 atom stereocenters. The molecule has 1 aliphatic rings. The van der Waals surface area contributed by atoms with Crippen LogP contribution in [0.5, 0.6) is 0 Å². The number of amides is 1. The number of benzene rings is 1. The van der Waals surface area contributed by atoms with Crippen molar-refractivity contribution in [3.05, 3.63) is 59.9 Å². The second-order valence-corrected chi connectivity index (χ2v) is 6.02. The van der Waals surface area contributed by atoms with Crippen LogP contribution in [-0.4, -0.2) is 28.4 Å². The molecule has 1 amide bonds. The minimum atomic E-state index is -4.63. The molecule has 0 N–H and O–H groups in total. The van der Waals surface area contributed by atoms with Crippen molar-refractivity contribution in [1.29, 1.82) is 0 Å². The number of para-hydroxylation sites is 1. The zero-order chi connectivity index (χ0) is 17.2. The Balaban J connectivity index is 1.93. The zero-order valence-electron chi connectivity index (χ0n) is 12.3. The molecule has 8 heteroatoms. The molecule has 2 heterocycles. The molecule has 124 valence electrons. The van der Waals surface area contributed by atoms with Crippen molar-refractivity contribution in [2.75, 3.05) is 17.2 Å². The van der Waals surface area contributed by atoms with E-state index >= 15 is 0 Å². The number of amidine groups is 1. The molecule has 1 fully saturated rings. The Kier molecular flexibility index (Phi) is 4.57. The molecule has 0 spiro atoms. The Labute approximate surface area is 140 Å². The largest absolute Gasteiger partial charge is 0.417 e. The lowest BCUT2D eigenvalue weighted by Crippen LogP contribution is -2.24. The van der Waals surface area contributed by atoms with Crippen LogP contribution in [0.3, 0.4) is 0 Å². The summed E-state index contributed by atoms with van der Waals surface area (Å²) in [5.74, 6) is -0.235. The lowest BCUT2D eigenvalue weighted by atomic mass is 10.1. The van der Waals surface area contributed by atoms with E-state index in [2.05, 4.69) is 9.98 Å². The Bertz CT molecular complexity index is 778. The van der Waals surface area contributed by atoms with Crippen molar-refractivity contribution in [3.63, 3.8) is 0 Å². The number of aliphatic imine (C=N–C) groups is 1. The number of pyridine rings is 1. The van der Waals surface area contributed by atoms with Crippen LogP contribution in [0, 0.1) is 0 Å². The van der Waals surface area contributed by atoms with E-state index in [1.165, 1.54) is 11.8 Å². The minimum Gasteiger partial charge on any atom is -0.320 e. The van der Waals surface area contributed by atoms with E-state index in [1.54, 1.807) is 0 Å². The van der Waals surface area contributed by atoms with Crippen molar-refractivity contribution >= 4 is 28.5 Å². The molecule has 0 unspecified atom stereocenters. The number of thioether (sulfide) groups is 1. The first-order valence-corrected chi connectivity index (χ1v) is 8.05. The predicted molar refractivity (Wildman–Crippen MR) is 87.3 cm³/mol. The van der Waals surface area contributed by atoms with Crippen molar-refractivity contribution in [1.82, 2.24) is 4.98 Å². The summed E-state index contributed by atoms with van der Waals surface area (Å²) in [6.45, 7) is 0.639. The number of nitrogens with zero attached hydrogens (tertiary/aromatic N) is 3. The number of hydrogen-bond donors (Lipinski definition) is 0. The average molecular weight is 351 g/mol. The van der Waals surface area contributed by atoms with E-state index in [1.807, 2.05) is 35.2 Å². The van der Waals surface area contributed by atoms with E-state index in [9.17, 15) is 18.0 Å². The maximum Gasteiger partial charge on any atom is 0.417 e. The van der Waals surface area contributed by atoms with Gasteiger partial charge in [-0.1, -0.05) is 30.0 Å². The molecule has 24 heavy (non-hydrogen) atoms. The topological polar surface area (TPSA) is 45.6 Å². The molecular weight excluding hydrogens is 339 g/mol. The van der Waals surface area contributed by atoms with Crippen LogP contribution in [0.1, 0.15) is 15.9 Å². The first-order valence-electron chi connectivity index (χ1n) is 7.06. The molecule has 3 rings (SSSR count). The SMILES string of the molecule is O=C(/N=C1\SCCN1c1ccccc1)c1cnccc1C(F)(F)F. The highest BCUT2D eigenvalue weighted by Gasteiger charge is 2.35. The van der Waals surface area contributed by atoms with Gasteiger partial charge in [0.25, 0.3) is 5.91 Å². The number of carbonyl (C=O) groups is 1. The summed E-state index contributed by atoms with van der Waals surface area (Å²) in [4.78, 5) is 21.6. The van der Waals surface area contributed by atoms with Gasteiger partial charge in [-0.2, -0.15) is 18.2 Å². The summed E-state index contributed by atoms with van der Waals surface area (Å²) in [6, 6.07) is 10.1. The van der Waals surface area contributed by atoms with E-state index in [0.717, 1.165) is 24.1 Å². The number of alkyl halides is 3. The molecule has 0 bridgehead atoms. The molecular formula is C16H12F3N3OS. The summed E-state index contributed by atoms with van der Waals surface area (Å²) in [5.41, 5.74) is -0.726. The van der Waals surface area contributed by atoms with Crippen molar-refractivity contribution in [2.45, 2.75) is 6.18 Å². The highest BCUT2D eigenvalue weighted by Crippen LogP contribution is 2.32. The molecule has 1 aromatic heterocycles. The van der Waals surface area contributed by atoms with Gasteiger partial charge in [0.15, 0.2) is 5.17 Å². The zero-order valence-corrected chi connectivity index (χ0v) is 13.1. The van der Waals surface area contributed by atoms with Crippen molar-refractivity contribution in [2.24, 2.45) is 4.99 Å². The fraction of sp³-hybridized carbons (Fsp3) is 0.188.